The summed E-state index contributed by atoms with van der Waals surface area (Å²) in [7, 11) is 1.39. The molecule has 2 aromatic rings. The SMILES string of the molecule is CCc1nnc(COc2c(Cl)cc(C(=O)O)cc2OC)o1. The van der Waals surface area contributed by atoms with Crippen molar-refractivity contribution in [1.29, 1.82) is 0 Å². The molecule has 1 heterocycles. The summed E-state index contributed by atoms with van der Waals surface area (Å²) >= 11 is 6.02. The van der Waals surface area contributed by atoms with Gasteiger partial charge in [0.1, 0.15) is 0 Å². The highest BCUT2D eigenvalue weighted by Crippen LogP contribution is 2.36. The number of aromatic nitrogens is 2. The highest BCUT2D eigenvalue weighted by Gasteiger charge is 2.16. The Bertz CT molecular complexity index is 656. The lowest BCUT2D eigenvalue weighted by Gasteiger charge is -2.11. The molecule has 1 N–H and O–H groups in total. The molecule has 0 unspecified atom stereocenters. The molecule has 0 saturated heterocycles. The highest BCUT2D eigenvalue weighted by molar-refractivity contribution is 6.32. The normalized spacial score (nSPS) is 10.4. The van der Waals surface area contributed by atoms with E-state index in [0.717, 1.165) is 0 Å². The van der Waals surface area contributed by atoms with Gasteiger partial charge in [-0.25, -0.2) is 4.79 Å². The number of hydrogen-bond acceptors (Lipinski definition) is 6. The summed E-state index contributed by atoms with van der Waals surface area (Å²) < 4.78 is 15.9. The van der Waals surface area contributed by atoms with E-state index in [2.05, 4.69) is 10.2 Å². The summed E-state index contributed by atoms with van der Waals surface area (Å²) in [5, 5.41) is 16.7. The van der Waals surface area contributed by atoms with Gasteiger partial charge in [-0.3, -0.25) is 0 Å². The van der Waals surface area contributed by atoms with E-state index < -0.39 is 5.97 Å². The van der Waals surface area contributed by atoms with Gasteiger partial charge in [-0.05, 0) is 12.1 Å². The molecule has 21 heavy (non-hydrogen) atoms. The van der Waals surface area contributed by atoms with Crippen LogP contribution in [0.2, 0.25) is 5.02 Å². The lowest BCUT2D eigenvalue weighted by atomic mass is 10.2. The summed E-state index contributed by atoms with van der Waals surface area (Å²) in [6.07, 6.45) is 0.629. The van der Waals surface area contributed by atoms with Crippen LogP contribution < -0.4 is 9.47 Å². The number of carboxylic acid groups (broad SMARTS) is 1. The van der Waals surface area contributed by atoms with Crippen LogP contribution in [-0.4, -0.2) is 28.4 Å². The molecule has 1 aromatic heterocycles. The molecule has 0 spiro atoms. The van der Waals surface area contributed by atoms with Gasteiger partial charge in [0.25, 0.3) is 5.89 Å². The quantitative estimate of drug-likeness (QED) is 0.875. The first kappa shape index (κ1) is 15.1. The third kappa shape index (κ3) is 3.43. The second-order valence-electron chi connectivity index (χ2n) is 4.03. The Morgan fingerprint density at radius 2 is 2.10 bits per heavy atom. The number of rotatable bonds is 6. The second-order valence-corrected chi connectivity index (χ2v) is 4.43. The summed E-state index contributed by atoms with van der Waals surface area (Å²) in [5.41, 5.74) is 0.00950. The zero-order valence-electron chi connectivity index (χ0n) is 11.4. The van der Waals surface area contributed by atoms with E-state index in [1.165, 1.54) is 19.2 Å². The van der Waals surface area contributed by atoms with Crippen LogP contribution in [0.5, 0.6) is 11.5 Å². The number of aryl methyl sites for hydroxylation is 1. The van der Waals surface area contributed by atoms with E-state index in [-0.39, 0.29) is 28.7 Å². The number of carbonyl (C=O) groups is 1. The summed E-state index contributed by atoms with van der Waals surface area (Å²) in [4.78, 5) is 11.0. The fraction of sp³-hybridized carbons (Fsp3) is 0.308. The number of methoxy groups -OCH3 is 1. The molecular weight excluding hydrogens is 300 g/mol. The lowest BCUT2D eigenvalue weighted by molar-refractivity contribution is 0.0696. The minimum absolute atomic E-state index is 0.00942. The van der Waals surface area contributed by atoms with Gasteiger partial charge in [0, 0.05) is 6.42 Å². The number of carboxylic acids is 1. The number of ether oxygens (including phenoxy) is 2. The van der Waals surface area contributed by atoms with Gasteiger partial charge in [0.2, 0.25) is 5.89 Å². The predicted octanol–water partition coefficient (Wildman–Crippen LogP) is 2.57. The molecular formula is C13H13ClN2O5. The minimum Gasteiger partial charge on any atom is -0.493 e. The number of halogens is 1. The molecule has 0 saturated carbocycles. The van der Waals surface area contributed by atoms with Crippen LogP contribution in [0, 0.1) is 0 Å². The lowest BCUT2D eigenvalue weighted by Crippen LogP contribution is -2.02. The maximum atomic E-state index is 11.0. The summed E-state index contributed by atoms with van der Waals surface area (Å²) in [6, 6.07) is 2.61. The Morgan fingerprint density at radius 3 is 2.67 bits per heavy atom. The third-order valence-electron chi connectivity index (χ3n) is 2.63. The van der Waals surface area contributed by atoms with Crippen molar-refractivity contribution in [2.75, 3.05) is 7.11 Å². The van der Waals surface area contributed by atoms with Gasteiger partial charge < -0.3 is 19.0 Å². The van der Waals surface area contributed by atoms with E-state index in [1.54, 1.807) is 0 Å². The standard InChI is InChI=1S/C13H13ClN2O5/c1-3-10-15-16-11(21-10)6-20-12-8(14)4-7(13(17)18)5-9(12)19-2/h4-5H,3,6H2,1-2H3,(H,17,18). The first-order valence-corrected chi connectivity index (χ1v) is 6.47. The van der Waals surface area contributed by atoms with Crippen molar-refractivity contribution in [2.45, 2.75) is 20.0 Å². The van der Waals surface area contributed by atoms with Gasteiger partial charge in [-0.15, -0.1) is 10.2 Å². The molecule has 0 fully saturated rings. The Morgan fingerprint density at radius 1 is 1.38 bits per heavy atom. The monoisotopic (exact) mass is 312 g/mol. The number of benzene rings is 1. The van der Waals surface area contributed by atoms with E-state index in [1.807, 2.05) is 6.92 Å². The van der Waals surface area contributed by atoms with Crippen LogP contribution >= 0.6 is 11.6 Å². The van der Waals surface area contributed by atoms with Crippen LogP contribution in [0.4, 0.5) is 0 Å². The number of nitrogens with zero attached hydrogens (tertiary/aromatic N) is 2. The third-order valence-corrected chi connectivity index (χ3v) is 2.91. The van der Waals surface area contributed by atoms with Crippen LogP contribution in [0.3, 0.4) is 0 Å². The van der Waals surface area contributed by atoms with Crippen molar-refractivity contribution in [3.8, 4) is 11.5 Å². The summed E-state index contributed by atoms with van der Waals surface area (Å²) in [6.45, 7) is 1.90. The smallest absolute Gasteiger partial charge is 0.335 e. The molecule has 2 rings (SSSR count). The van der Waals surface area contributed by atoms with E-state index >= 15 is 0 Å². The molecule has 0 radical (unpaired) electrons. The molecule has 0 atom stereocenters. The Hall–Kier alpha value is -2.28. The van der Waals surface area contributed by atoms with Gasteiger partial charge in [0.15, 0.2) is 18.1 Å². The van der Waals surface area contributed by atoms with Gasteiger partial charge in [-0.1, -0.05) is 18.5 Å². The summed E-state index contributed by atoms with van der Waals surface area (Å²) in [5.74, 6) is 0.141. The highest BCUT2D eigenvalue weighted by atomic mass is 35.5. The van der Waals surface area contributed by atoms with Crippen LogP contribution in [-0.2, 0) is 13.0 Å². The van der Waals surface area contributed by atoms with Gasteiger partial charge in [-0.2, -0.15) is 0 Å². The molecule has 0 aliphatic carbocycles. The Balaban J connectivity index is 2.20. The molecule has 7 nitrogen and oxygen atoms in total. The zero-order chi connectivity index (χ0) is 15.4. The minimum atomic E-state index is -1.11. The first-order valence-electron chi connectivity index (χ1n) is 6.10. The first-order chi connectivity index (χ1) is 10.0. The van der Waals surface area contributed by atoms with Crippen molar-refractivity contribution in [1.82, 2.24) is 10.2 Å². The Labute approximate surface area is 125 Å². The van der Waals surface area contributed by atoms with Gasteiger partial charge in [0.05, 0.1) is 17.7 Å². The molecule has 112 valence electrons. The molecule has 1 aromatic carbocycles. The predicted molar refractivity (Wildman–Crippen MR) is 73.0 cm³/mol. The average Bonchev–Trinajstić information content (AvgIpc) is 2.93. The fourth-order valence-corrected chi connectivity index (χ4v) is 1.87. The molecule has 0 amide bonds. The van der Waals surface area contributed by atoms with Crippen LogP contribution in [0.25, 0.3) is 0 Å². The number of hydrogen-bond donors (Lipinski definition) is 1. The van der Waals surface area contributed by atoms with Crippen LogP contribution in [0.15, 0.2) is 16.5 Å². The van der Waals surface area contributed by atoms with Crippen molar-refractivity contribution in [3.63, 3.8) is 0 Å². The molecule has 8 heteroatoms. The maximum absolute atomic E-state index is 11.0. The van der Waals surface area contributed by atoms with Crippen molar-refractivity contribution < 1.29 is 23.8 Å². The van der Waals surface area contributed by atoms with E-state index in [9.17, 15) is 4.79 Å². The molecule has 0 bridgehead atoms. The zero-order valence-corrected chi connectivity index (χ0v) is 12.2. The number of aromatic carboxylic acids is 1. The average molecular weight is 313 g/mol. The van der Waals surface area contributed by atoms with Crippen LogP contribution in [0.1, 0.15) is 29.1 Å². The molecule has 0 aliphatic heterocycles. The second kappa shape index (κ2) is 6.45. The van der Waals surface area contributed by atoms with Crippen molar-refractivity contribution in [2.24, 2.45) is 0 Å². The van der Waals surface area contributed by atoms with Crippen molar-refractivity contribution in [3.05, 3.63) is 34.5 Å². The molecule has 0 aliphatic rings. The van der Waals surface area contributed by atoms with Gasteiger partial charge >= 0.3 is 5.97 Å². The fourth-order valence-electron chi connectivity index (χ4n) is 1.61. The Kier molecular flexibility index (Phi) is 4.64. The maximum Gasteiger partial charge on any atom is 0.335 e. The van der Waals surface area contributed by atoms with E-state index in [4.69, 9.17) is 30.6 Å². The van der Waals surface area contributed by atoms with E-state index in [0.29, 0.717) is 18.2 Å². The largest absolute Gasteiger partial charge is 0.493 e. The van der Waals surface area contributed by atoms with Crippen molar-refractivity contribution >= 4 is 17.6 Å². The topological polar surface area (TPSA) is 94.7 Å².